The summed E-state index contributed by atoms with van der Waals surface area (Å²) in [5.74, 6) is 1.77. The van der Waals surface area contributed by atoms with Gasteiger partial charge in [-0.15, -0.1) is 0 Å². The lowest BCUT2D eigenvalue weighted by atomic mass is 9.94. The molecule has 6 nitrogen and oxygen atoms in total. The molecular weight excluding hydrogens is 829 g/mol. The van der Waals surface area contributed by atoms with Crippen LogP contribution in [0, 0.1) is 0 Å². The molecule has 0 aliphatic carbocycles. The lowest BCUT2D eigenvalue weighted by Crippen LogP contribution is -1.96. The van der Waals surface area contributed by atoms with Gasteiger partial charge in [0.05, 0.1) is 44.1 Å². The highest BCUT2D eigenvalue weighted by atomic mass is 15.2. The Morgan fingerprint density at radius 2 is 0.559 bits per heavy atom. The second-order valence-electron chi connectivity index (χ2n) is 18.2. The lowest BCUT2D eigenvalue weighted by molar-refractivity contribution is 1.11. The summed E-state index contributed by atoms with van der Waals surface area (Å²) in [4.78, 5) is 10.6. The summed E-state index contributed by atoms with van der Waals surface area (Å²) < 4.78 is 9.34. The fourth-order valence-electron chi connectivity index (χ4n) is 11.7. The monoisotopic (exact) mass is 864 g/mol. The minimum absolute atomic E-state index is 0.887. The van der Waals surface area contributed by atoms with Crippen molar-refractivity contribution in [2.75, 3.05) is 0 Å². The van der Waals surface area contributed by atoms with Crippen LogP contribution < -0.4 is 0 Å². The van der Waals surface area contributed by atoms with Crippen LogP contribution in [0.5, 0.6) is 0 Å². The summed E-state index contributed by atoms with van der Waals surface area (Å²) >= 11 is 0. The molecule has 0 aliphatic rings. The summed E-state index contributed by atoms with van der Waals surface area (Å²) in [6.45, 7) is 0. The highest BCUT2D eigenvalue weighted by Crippen LogP contribution is 2.41. The Hall–Kier alpha value is -9.26. The van der Waals surface area contributed by atoms with Crippen molar-refractivity contribution in [3.05, 3.63) is 218 Å². The molecule has 4 aromatic heterocycles. The SMILES string of the molecule is c1ccc2c(c1)nc1n(-c3ccc4c5ccccc5c5ccccc5c4c3)c3ccc(-c4ccc5c(c4)n4c6ccccc6nc4n5-c4ccc5c6ccccc6c6ccccc6c5c4)cc3n21. The van der Waals surface area contributed by atoms with Crippen molar-refractivity contribution in [3.63, 3.8) is 0 Å². The molecule has 314 valence electrons. The van der Waals surface area contributed by atoms with Gasteiger partial charge in [-0.1, -0.05) is 146 Å². The van der Waals surface area contributed by atoms with Crippen molar-refractivity contribution in [3.8, 4) is 22.5 Å². The Bertz CT molecular complexity index is 4490. The van der Waals surface area contributed by atoms with Crippen LogP contribution in [0.2, 0.25) is 0 Å². The molecule has 16 rings (SSSR count). The Morgan fingerprint density at radius 3 is 0.941 bits per heavy atom. The largest absolute Gasteiger partial charge is 0.278 e. The average Bonchev–Trinajstić information content (AvgIpc) is 4.15. The van der Waals surface area contributed by atoms with Crippen molar-refractivity contribution < 1.29 is 0 Å². The third-order valence-electron chi connectivity index (χ3n) is 14.7. The molecule has 0 fully saturated rings. The minimum Gasteiger partial charge on any atom is -0.278 e. The molecule has 16 aromatic rings. The molecule has 0 N–H and O–H groups in total. The second kappa shape index (κ2) is 13.2. The van der Waals surface area contributed by atoms with Gasteiger partial charge in [-0.05, 0) is 149 Å². The summed E-state index contributed by atoms with van der Waals surface area (Å²) in [5, 5.41) is 15.1. The molecule has 0 unspecified atom stereocenters. The summed E-state index contributed by atoms with van der Waals surface area (Å²) in [6, 6.07) is 79.6. The van der Waals surface area contributed by atoms with Crippen molar-refractivity contribution in [1.29, 1.82) is 0 Å². The van der Waals surface area contributed by atoms with E-state index in [4.69, 9.17) is 9.97 Å². The third kappa shape index (κ3) is 4.75. The van der Waals surface area contributed by atoms with Crippen molar-refractivity contribution in [2.45, 2.75) is 0 Å². The van der Waals surface area contributed by atoms with Crippen LogP contribution in [-0.4, -0.2) is 27.9 Å². The number of imidazole rings is 4. The van der Waals surface area contributed by atoms with E-state index in [1.54, 1.807) is 0 Å². The van der Waals surface area contributed by atoms with E-state index in [9.17, 15) is 0 Å². The number of para-hydroxylation sites is 4. The maximum atomic E-state index is 5.32. The third-order valence-corrected chi connectivity index (χ3v) is 14.7. The molecular formula is C62H36N6. The molecule has 0 saturated heterocycles. The van der Waals surface area contributed by atoms with Crippen molar-refractivity contribution >= 4 is 120 Å². The maximum absolute atomic E-state index is 5.32. The fraction of sp³-hybridized carbons (Fsp3) is 0. The first-order chi connectivity index (χ1) is 33.7. The van der Waals surface area contributed by atoms with Crippen LogP contribution >= 0.6 is 0 Å². The van der Waals surface area contributed by atoms with E-state index in [-0.39, 0.29) is 0 Å². The number of hydrogen-bond acceptors (Lipinski definition) is 2. The van der Waals surface area contributed by atoms with Gasteiger partial charge in [0.1, 0.15) is 0 Å². The molecule has 0 radical (unpaired) electrons. The normalized spacial score (nSPS) is 12.4. The van der Waals surface area contributed by atoms with Gasteiger partial charge in [0.25, 0.3) is 0 Å². The Balaban J connectivity index is 0.921. The highest BCUT2D eigenvalue weighted by molar-refractivity contribution is 6.27. The summed E-state index contributed by atoms with van der Waals surface area (Å²) in [7, 11) is 0. The maximum Gasteiger partial charge on any atom is 0.220 e. The van der Waals surface area contributed by atoms with E-state index in [0.29, 0.717) is 0 Å². The minimum atomic E-state index is 0.887. The van der Waals surface area contributed by atoms with Gasteiger partial charge in [-0.25, -0.2) is 9.97 Å². The average molecular weight is 865 g/mol. The highest BCUT2D eigenvalue weighted by Gasteiger charge is 2.22. The van der Waals surface area contributed by atoms with E-state index >= 15 is 0 Å². The number of fused-ring (bicyclic) bond motifs is 22. The molecule has 0 aliphatic heterocycles. The zero-order valence-electron chi connectivity index (χ0n) is 36.5. The van der Waals surface area contributed by atoms with Crippen molar-refractivity contribution in [1.82, 2.24) is 27.9 Å². The zero-order valence-corrected chi connectivity index (χ0v) is 36.5. The zero-order chi connectivity index (χ0) is 44.2. The predicted octanol–water partition coefficient (Wildman–Crippen LogP) is 15.8. The number of benzene rings is 12. The number of rotatable bonds is 3. The van der Waals surface area contributed by atoms with E-state index in [0.717, 1.165) is 78.2 Å². The summed E-state index contributed by atoms with van der Waals surface area (Å²) in [5.41, 5.74) is 12.9. The molecule has 12 aromatic carbocycles. The first-order valence-electron chi connectivity index (χ1n) is 23.2. The first kappa shape index (κ1) is 36.0. The standard InChI is InChI=1S/C62H36N6/c1-3-17-45-41(13-1)43-15-5-7-19-47(43)51-35-39(27-29-49(45)51)65-57-31-25-37(33-59(57)67-55-23-11-9-21-53(55)63-61(65)67)38-26-32-58-60(34-38)68-56-24-12-10-22-54(56)64-62(68)66(58)40-28-30-50-46-18-4-2-14-42(46)44-16-6-8-20-48(44)52(50)36-40/h1-36H. The molecule has 68 heavy (non-hydrogen) atoms. The number of aromatic nitrogens is 6. The van der Waals surface area contributed by atoms with Crippen LogP contribution in [0.1, 0.15) is 0 Å². The van der Waals surface area contributed by atoms with Crippen LogP contribution in [0.15, 0.2) is 218 Å². The van der Waals surface area contributed by atoms with Gasteiger partial charge in [-0.2, -0.15) is 0 Å². The van der Waals surface area contributed by atoms with Gasteiger partial charge in [0.15, 0.2) is 0 Å². The number of hydrogen-bond donors (Lipinski definition) is 0. The van der Waals surface area contributed by atoms with Gasteiger partial charge < -0.3 is 0 Å². The molecule has 0 amide bonds. The molecule has 0 bridgehead atoms. The van der Waals surface area contributed by atoms with Gasteiger partial charge in [0.2, 0.25) is 11.6 Å². The van der Waals surface area contributed by atoms with Gasteiger partial charge in [0, 0.05) is 11.4 Å². The van der Waals surface area contributed by atoms with E-state index in [2.05, 4.69) is 236 Å². The second-order valence-corrected chi connectivity index (χ2v) is 18.2. The molecule has 0 saturated carbocycles. The smallest absolute Gasteiger partial charge is 0.220 e. The van der Waals surface area contributed by atoms with Crippen molar-refractivity contribution in [2.24, 2.45) is 0 Å². The fourth-order valence-corrected chi connectivity index (χ4v) is 11.7. The van der Waals surface area contributed by atoms with E-state index in [1.165, 1.54) is 64.6 Å². The van der Waals surface area contributed by atoms with Crippen LogP contribution in [-0.2, 0) is 0 Å². The Labute approximate surface area is 387 Å². The molecule has 0 atom stereocenters. The Morgan fingerprint density at radius 1 is 0.235 bits per heavy atom. The lowest BCUT2D eigenvalue weighted by Gasteiger charge is -2.13. The molecule has 4 heterocycles. The van der Waals surface area contributed by atoms with Crippen LogP contribution in [0.25, 0.3) is 143 Å². The quantitative estimate of drug-likeness (QED) is 0.166. The van der Waals surface area contributed by atoms with Gasteiger partial charge >= 0.3 is 0 Å². The Kier molecular flexibility index (Phi) is 6.98. The molecule has 6 heteroatoms. The van der Waals surface area contributed by atoms with E-state index in [1.807, 2.05) is 0 Å². The molecule has 0 spiro atoms. The number of nitrogens with zero attached hydrogens (tertiary/aromatic N) is 6. The van der Waals surface area contributed by atoms with E-state index < -0.39 is 0 Å². The van der Waals surface area contributed by atoms with Crippen LogP contribution in [0.4, 0.5) is 0 Å². The van der Waals surface area contributed by atoms with Crippen LogP contribution in [0.3, 0.4) is 0 Å². The first-order valence-corrected chi connectivity index (χ1v) is 23.2. The van der Waals surface area contributed by atoms with Gasteiger partial charge in [-0.3, -0.25) is 17.9 Å². The predicted molar refractivity (Wildman–Crippen MR) is 283 cm³/mol. The summed E-state index contributed by atoms with van der Waals surface area (Å²) in [6.07, 6.45) is 0. The topological polar surface area (TPSA) is 44.5 Å².